The van der Waals surface area contributed by atoms with Crippen LogP contribution in [0.15, 0.2) is 36.4 Å². The van der Waals surface area contributed by atoms with Gasteiger partial charge in [-0.3, -0.25) is 0 Å². The van der Waals surface area contributed by atoms with Crippen LogP contribution in [0.1, 0.15) is 63.8 Å². The Bertz CT molecular complexity index is 625. The van der Waals surface area contributed by atoms with Crippen molar-refractivity contribution in [3.63, 3.8) is 0 Å². The van der Waals surface area contributed by atoms with Crippen molar-refractivity contribution in [1.29, 1.82) is 0 Å². The van der Waals surface area contributed by atoms with E-state index in [-0.39, 0.29) is 10.8 Å². The molecule has 0 atom stereocenters. The number of rotatable bonds is 0. The molecule has 0 bridgehead atoms. The lowest BCUT2D eigenvalue weighted by atomic mass is 9.85. The molecule has 2 aromatic rings. The first-order chi connectivity index (χ1) is 10.8. The van der Waals surface area contributed by atoms with Crippen LogP contribution in [-0.4, -0.2) is 10.2 Å². The number of aromatic hydroxyl groups is 2. The largest absolute Gasteiger partial charge is 0.508 e. The smallest absolute Gasteiger partial charge is 0.119 e. The van der Waals surface area contributed by atoms with Crippen molar-refractivity contribution in [2.24, 2.45) is 0 Å². The van der Waals surface area contributed by atoms with Crippen LogP contribution in [0, 0.1) is 13.8 Å². The molecule has 0 aliphatic carbocycles. The Labute approximate surface area is 147 Å². The van der Waals surface area contributed by atoms with Gasteiger partial charge in [-0.15, -0.1) is 0 Å². The van der Waals surface area contributed by atoms with E-state index in [9.17, 15) is 10.2 Å². The minimum Gasteiger partial charge on any atom is -0.508 e. The van der Waals surface area contributed by atoms with Crippen molar-refractivity contribution in [1.82, 2.24) is 0 Å². The highest BCUT2D eigenvalue weighted by Gasteiger charge is 2.18. The topological polar surface area (TPSA) is 40.5 Å². The molecule has 2 rings (SSSR count). The number of aryl methyl sites for hydroxylation is 2. The lowest BCUT2D eigenvalue weighted by Crippen LogP contribution is -2.11. The predicted octanol–water partition coefficient (Wildman–Crippen LogP) is 6.00. The second kappa shape index (κ2) is 7.29. The normalized spacial score (nSPS) is 11.7. The van der Waals surface area contributed by atoms with Crippen LogP contribution in [0.5, 0.6) is 11.5 Å². The van der Waals surface area contributed by atoms with Crippen LogP contribution in [0.2, 0.25) is 0 Å². The van der Waals surface area contributed by atoms with Crippen molar-refractivity contribution >= 4 is 0 Å². The fourth-order valence-corrected chi connectivity index (χ4v) is 2.50. The molecule has 2 N–H and O–H groups in total. The number of phenolic OH excluding ortho intramolecular Hbond substituents is 2. The molecule has 0 aliphatic heterocycles. The quantitative estimate of drug-likeness (QED) is 0.623. The zero-order valence-corrected chi connectivity index (χ0v) is 16.4. The highest BCUT2D eigenvalue weighted by Crippen LogP contribution is 2.31. The Morgan fingerprint density at radius 2 is 0.875 bits per heavy atom. The van der Waals surface area contributed by atoms with Gasteiger partial charge in [-0.2, -0.15) is 0 Å². The van der Waals surface area contributed by atoms with E-state index in [0.717, 1.165) is 11.1 Å². The summed E-state index contributed by atoms with van der Waals surface area (Å²) in [6.45, 7) is 16.7. The minimum atomic E-state index is 0.0239. The van der Waals surface area contributed by atoms with E-state index in [1.165, 1.54) is 11.1 Å². The monoisotopic (exact) mass is 328 g/mol. The van der Waals surface area contributed by atoms with E-state index in [1.807, 2.05) is 38.1 Å². The van der Waals surface area contributed by atoms with Gasteiger partial charge in [0.1, 0.15) is 11.5 Å². The molecule has 0 saturated heterocycles. The number of hydrogen-bond acceptors (Lipinski definition) is 2. The minimum absolute atomic E-state index is 0.0239. The Morgan fingerprint density at radius 1 is 0.583 bits per heavy atom. The van der Waals surface area contributed by atoms with Crippen LogP contribution < -0.4 is 0 Å². The lowest BCUT2D eigenvalue weighted by Gasteiger charge is -2.20. The number of phenols is 2. The fourth-order valence-electron chi connectivity index (χ4n) is 2.50. The maximum atomic E-state index is 9.57. The summed E-state index contributed by atoms with van der Waals surface area (Å²) in [7, 11) is 0. The molecule has 24 heavy (non-hydrogen) atoms. The second-order valence-corrected chi connectivity index (χ2v) is 8.54. The third-order valence-corrected chi connectivity index (χ3v) is 3.92. The van der Waals surface area contributed by atoms with E-state index in [2.05, 4.69) is 41.5 Å². The molecular weight excluding hydrogens is 296 g/mol. The molecule has 0 radical (unpaired) electrons. The Balaban J connectivity index is 0.000000240. The van der Waals surface area contributed by atoms with Gasteiger partial charge in [0.05, 0.1) is 0 Å². The molecule has 2 aromatic carbocycles. The zero-order valence-electron chi connectivity index (χ0n) is 16.4. The molecule has 0 unspecified atom stereocenters. The summed E-state index contributed by atoms with van der Waals surface area (Å²) >= 11 is 0. The molecule has 2 nitrogen and oxygen atoms in total. The van der Waals surface area contributed by atoms with Crippen LogP contribution in [0.3, 0.4) is 0 Å². The first-order valence-corrected chi connectivity index (χ1v) is 8.42. The Hall–Kier alpha value is -1.96. The molecular formula is C22H32O2. The van der Waals surface area contributed by atoms with Crippen LogP contribution in [0.25, 0.3) is 0 Å². The Kier molecular flexibility index (Phi) is 6.10. The summed E-state index contributed by atoms with van der Waals surface area (Å²) in [5.74, 6) is 0.793. The molecule has 0 aliphatic rings. The average molecular weight is 328 g/mol. The predicted molar refractivity (Wildman–Crippen MR) is 103 cm³/mol. The highest BCUT2D eigenvalue weighted by molar-refractivity contribution is 5.40. The molecule has 0 amide bonds. The number of benzene rings is 2. The summed E-state index contributed by atoms with van der Waals surface area (Å²) in [5, 5.41) is 19.1. The average Bonchev–Trinajstić information content (AvgIpc) is 2.42. The van der Waals surface area contributed by atoms with Gasteiger partial charge in [-0.1, -0.05) is 76.9 Å². The van der Waals surface area contributed by atoms with E-state index in [4.69, 9.17) is 0 Å². The van der Waals surface area contributed by atoms with Crippen molar-refractivity contribution in [2.75, 3.05) is 0 Å². The van der Waals surface area contributed by atoms with Gasteiger partial charge in [0.25, 0.3) is 0 Å². The van der Waals surface area contributed by atoms with E-state index in [1.54, 1.807) is 12.1 Å². The third-order valence-electron chi connectivity index (χ3n) is 3.92. The molecule has 0 aromatic heterocycles. The highest BCUT2D eigenvalue weighted by atomic mass is 16.3. The maximum Gasteiger partial charge on any atom is 0.119 e. The molecule has 0 heterocycles. The van der Waals surface area contributed by atoms with Gasteiger partial charge >= 0.3 is 0 Å². The molecule has 0 saturated carbocycles. The summed E-state index contributed by atoms with van der Waals surface area (Å²) in [5.41, 5.74) is 4.46. The molecule has 132 valence electrons. The lowest BCUT2D eigenvalue weighted by molar-refractivity contribution is 0.445. The molecule has 0 spiro atoms. The number of hydrogen-bond donors (Lipinski definition) is 2. The maximum absolute atomic E-state index is 9.57. The first-order valence-electron chi connectivity index (χ1n) is 8.42. The van der Waals surface area contributed by atoms with Gasteiger partial charge in [0.2, 0.25) is 0 Å². The van der Waals surface area contributed by atoms with Crippen molar-refractivity contribution < 1.29 is 10.2 Å². The van der Waals surface area contributed by atoms with Crippen molar-refractivity contribution in [3.05, 3.63) is 58.7 Å². The first kappa shape index (κ1) is 20.1. The van der Waals surface area contributed by atoms with E-state index < -0.39 is 0 Å². The van der Waals surface area contributed by atoms with E-state index in [0.29, 0.717) is 11.5 Å². The van der Waals surface area contributed by atoms with Crippen LogP contribution in [-0.2, 0) is 10.8 Å². The SMILES string of the molecule is Cc1ccc(O)c(C(C)(C)C)c1.Cc1ccc(O)c(C(C)(C)C)c1. The summed E-state index contributed by atoms with van der Waals surface area (Å²) in [6.07, 6.45) is 0. The van der Waals surface area contributed by atoms with Gasteiger partial charge in [-0.25, -0.2) is 0 Å². The fraction of sp³-hybridized carbons (Fsp3) is 0.455. The second-order valence-electron chi connectivity index (χ2n) is 8.54. The summed E-state index contributed by atoms with van der Waals surface area (Å²) < 4.78 is 0. The van der Waals surface area contributed by atoms with Gasteiger partial charge in [-0.05, 0) is 47.9 Å². The molecule has 2 heteroatoms. The van der Waals surface area contributed by atoms with Crippen LogP contribution >= 0.6 is 0 Å². The summed E-state index contributed by atoms with van der Waals surface area (Å²) in [4.78, 5) is 0. The van der Waals surface area contributed by atoms with Gasteiger partial charge in [0, 0.05) is 0 Å². The van der Waals surface area contributed by atoms with Gasteiger partial charge in [0.15, 0.2) is 0 Å². The summed E-state index contributed by atoms with van der Waals surface area (Å²) in [6, 6.07) is 11.4. The zero-order chi connectivity index (χ0) is 18.7. The third kappa shape index (κ3) is 5.59. The van der Waals surface area contributed by atoms with Crippen molar-refractivity contribution in [2.45, 2.75) is 66.2 Å². The molecule has 0 fully saturated rings. The van der Waals surface area contributed by atoms with Crippen molar-refractivity contribution in [3.8, 4) is 11.5 Å². The standard InChI is InChI=1S/2C11H16O/c2*1-8-5-6-10(12)9(7-8)11(2,3)4/h2*5-7,12H,1-4H3. The van der Waals surface area contributed by atoms with Crippen LogP contribution in [0.4, 0.5) is 0 Å². The van der Waals surface area contributed by atoms with Gasteiger partial charge < -0.3 is 10.2 Å². The Morgan fingerprint density at radius 3 is 1.08 bits per heavy atom. The van der Waals surface area contributed by atoms with E-state index >= 15 is 0 Å².